The molecule has 0 aliphatic carbocycles. The lowest BCUT2D eigenvalue weighted by molar-refractivity contribution is 0.107. The Kier molecular flexibility index (Phi) is 5.86. The van der Waals surface area contributed by atoms with E-state index < -0.39 is 0 Å². The number of nitrogens with zero attached hydrogens (tertiary/aromatic N) is 3. The average Bonchev–Trinajstić information content (AvgIpc) is 2.47. The molecule has 1 N–H and O–H groups in total. The normalized spacial score (nSPS) is 11.3. The van der Waals surface area contributed by atoms with Crippen molar-refractivity contribution in [2.24, 2.45) is 0 Å². The molecule has 0 aliphatic heterocycles. The minimum Gasteiger partial charge on any atom is -0.395 e. The molecule has 0 amide bonds. The molecule has 0 fully saturated rings. The zero-order valence-corrected chi connectivity index (χ0v) is 11.8. The Hall–Kier alpha value is -1.56. The SMILES string of the molecule is CN(CCO)CCOCCc1ccc2nccnc2c1. The predicted molar refractivity (Wildman–Crippen MR) is 78.6 cm³/mol. The molecule has 2 rings (SSSR count). The van der Waals surface area contributed by atoms with Gasteiger partial charge in [-0.1, -0.05) is 6.07 Å². The first-order chi connectivity index (χ1) is 9.79. The molecule has 2 aromatic rings. The fraction of sp³-hybridized carbons (Fsp3) is 0.467. The highest BCUT2D eigenvalue weighted by Gasteiger charge is 2.00. The van der Waals surface area contributed by atoms with E-state index >= 15 is 0 Å². The number of aliphatic hydroxyl groups excluding tert-OH is 1. The van der Waals surface area contributed by atoms with Crippen LogP contribution in [0, 0.1) is 0 Å². The van der Waals surface area contributed by atoms with Gasteiger partial charge in [0.1, 0.15) is 0 Å². The molecule has 0 unspecified atom stereocenters. The molecule has 0 spiro atoms. The first-order valence-corrected chi connectivity index (χ1v) is 6.86. The van der Waals surface area contributed by atoms with Gasteiger partial charge in [-0.25, -0.2) is 0 Å². The molecule has 108 valence electrons. The zero-order chi connectivity index (χ0) is 14.2. The van der Waals surface area contributed by atoms with Gasteiger partial charge in [0, 0.05) is 25.5 Å². The zero-order valence-electron chi connectivity index (χ0n) is 11.8. The van der Waals surface area contributed by atoms with E-state index in [2.05, 4.69) is 22.1 Å². The third kappa shape index (κ3) is 4.52. The number of aliphatic hydroxyl groups is 1. The second-order valence-corrected chi connectivity index (χ2v) is 4.77. The molecule has 0 atom stereocenters. The van der Waals surface area contributed by atoms with Crippen LogP contribution < -0.4 is 0 Å². The van der Waals surface area contributed by atoms with Crippen LogP contribution in [0.3, 0.4) is 0 Å². The van der Waals surface area contributed by atoms with E-state index in [0.29, 0.717) is 19.8 Å². The Labute approximate surface area is 119 Å². The summed E-state index contributed by atoms with van der Waals surface area (Å²) < 4.78 is 5.61. The number of hydrogen-bond donors (Lipinski definition) is 1. The number of ether oxygens (including phenoxy) is 1. The summed E-state index contributed by atoms with van der Waals surface area (Å²) in [5.41, 5.74) is 3.05. The summed E-state index contributed by atoms with van der Waals surface area (Å²) in [5.74, 6) is 0. The van der Waals surface area contributed by atoms with Crippen LogP contribution >= 0.6 is 0 Å². The van der Waals surface area contributed by atoms with Gasteiger partial charge in [0.15, 0.2) is 0 Å². The van der Waals surface area contributed by atoms with E-state index in [-0.39, 0.29) is 6.61 Å². The van der Waals surface area contributed by atoms with Crippen molar-refractivity contribution in [3.8, 4) is 0 Å². The number of rotatable bonds is 8. The number of aromatic nitrogens is 2. The van der Waals surface area contributed by atoms with Crippen LogP contribution in [0.15, 0.2) is 30.6 Å². The number of benzene rings is 1. The average molecular weight is 275 g/mol. The van der Waals surface area contributed by atoms with Gasteiger partial charge in [0.25, 0.3) is 0 Å². The first kappa shape index (κ1) is 14.8. The number of likely N-dealkylation sites (N-methyl/N-ethyl adjacent to an activating group) is 1. The van der Waals surface area contributed by atoms with Crippen LogP contribution in [0.25, 0.3) is 11.0 Å². The minimum absolute atomic E-state index is 0.189. The van der Waals surface area contributed by atoms with Crippen molar-refractivity contribution in [1.82, 2.24) is 14.9 Å². The van der Waals surface area contributed by atoms with Crippen LogP contribution in [0.5, 0.6) is 0 Å². The predicted octanol–water partition coefficient (Wildman–Crippen LogP) is 1.11. The molecule has 20 heavy (non-hydrogen) atoms. The van der Waals surface area contributed by atoms with E-state index in [9.17, 15) is 0 Å². The third-order valence-corrected chi connectivity index (χ3v) is 3.17. The highest BCUT2D eigenvalue weighted by Crippen LogP contribution is 2.11. The molecule has 0 saturated carbocycles. The van der Waals surface area contributed by atoms with Crippen molar-refractivity contribution in [1.29, 1.82) is 0 Å². The minimum atomic E-state index is 0.189. The monoisotopic (exact) mass is 275 g/mol. The summed E-state index contributed by atoms with van der Waals surface area (Å²) in [5, 5.41) is 8.78. The summed E-state index contributed by atoms with van der Waals surface area (Å²) in [6.45, 7) is 3.09. The largest absolute Gasteiger partial charge is 0.395 e. The van der Waals surface area contributed by atoms with Crippen molar-refractivity contribution >= 4 is 11.0 Å². The summed E-state index contributed by atoms with van der Waals surface area (Å²) in [7, 11) is 1.97. The van der Waals surface area contributed by atoms with Gasteiger partial charge >= 0.3 is 0 Å². The lowest BCUT2D eigenvalue weighted by atomic mass is 10.1. The Morgan fingerprint density at radius 3 is 2.70 bits per heavy atom. The summed E-state index contributed by atoms with van der Waals surface area (Å²) >= 11 is 0. The van der Waals surface area contributed by atoms with Crippen molar-refractivity contribution in [3.63, 3.8) is 0 Å². The van der Waals surface area contributed by atoms with Crippen LogP contribution in [-0.2, 0) is 11.2 Å². The second kappa shape index (κ2) is 7.89. The number of hydrogen-bond acceptors (Lipinski definition) is 5. The second-order valence-electron chi connectivity index (χ2n) is 4.77. The van der Waals surface area contributed by atoms with Gasteiger partial charge in [-0.15, -0.1) is 0 Å². The fourth-order valence-corrected chi connectivity index (χ4v) is 1.96. The molecule has 0 saturated heterocycles. The first-order valence-electron chi connectivity index (χ1n) is 6.86. The molecule has 1 heterocycles. The summed E-state index contributed by atoms with van der Waals surface area (Å²) in [4.78, 5) is 10.6. The maximum atomic E-state index is 8.78. The maximum Gasteiger partial charge on any atom is 0.0889 e. The fourth-order valence-electron chi connectivity index (χ4n) is 1.96. The van der Waals surface area contributed by atoms with Crippen molar-refractivity contribution in [3.05, 3.63) is 36.2 Å². The third-order valence-electron chi connectivity index (χ3n) is 3.17. The van der Waals surface area contributed by atoms with Crippen LogP contribution in [-0.4, -0.2) is 59.9 Å². The van der Waals surface area contributed by atoms with Gasteiger partial charge in [-0.05, 0) is 31.2 Å². The highest BCUT2D eigenvalue weighted by atomic mass is 16.5. The van der Waals surface area contributed by atoms with Gasteiger partial charge in [0.05, 0.1) is 30.9 Å². The van der Waals surface area contributed by atoms with Crippen molar-refractivity contribution < 1.29 is 9.84 Å². The van der Waals surface area contributed by atoms with E-state index in [1.54, 1.807) is 12.4 Å². The molecule has 0 radical (unpaired) electrons. The van der Waals surface area contributed by atoms with E-state index in [4.69, 9.17) is 9.84 Å². The Bertz CT molecular complexity index is 533. The lowest BCUT2D eigenvalue weighted by Gasteiger charge is -2.14. The molecule has 1 aromatic carbocycles. The molecule has 0 bridgehead atoms. The van der Waals surface area contributed by atoms with E-state index in [1.165, 1.54) is 5.56 Å². The quantitative estimate of drug-likeness (QED) is 0.731. The molecule has 5 nitrogen and oxygen atoms in total. The van der Waals surface area contributed by atoms with Gasteiger partial charge < -0.3 is 14.7 Å². The maximum absolute atomic E-state index is 8.78. The standard InChI is InChI=1S/C15H21N3O2/c1-18(7-9-19)8-11-20-10-4-13-2-3-14-15(12-13)17-6-5-16-14/h2-3,5-6,12,19H,4,7-11H2,1H3. The van der Waals surface area contributed by atoms with E-state index in [0.717, 1.165) is 24.0 Å². The molecule has 5 heteroatoms. The van der Waals surface area contributed by atoms with Crippen LogP contribution in [0.4, 0.5) is 0 Å². The number of fused-ring (bicyclic) bond motifs is 1. The Morgan fingerprint density at radius 1 is 1.10 bits per heavy atom. The molecule has 0 aliphatic rings. The van der Waals surface area contributed by atoms with Crippen LogP contribution in [0.1, 0.15) is 5.56 Å². The van der Waals surface area contributed by atoms with Crippen molar-refractivity contribution in [2.45, 2.75) is 6.42 Å². The highest BCUT2D eigenvalue weighted by molar-refractivity contribution is 5.74. The Morgan fingerprint density at radius 2 is 1.90 bits per heavy atom. The van der Waals surface area contributed by atoms with E-state index in [1.807, 2.05) is 18.0 Å². The van der Waals surface area contributed by atoms with Crippen molar-refractivity contribution in [2.75, 3.05) is 40.0 Å². The lowest BCUT2D eigenvalue weighted by Crippen LogP contribution is -2.26. The summed E-state index contributed by atoms with van der Waals surface area (Å²) in [6, 6.07) is 6.12. The Balaban J connectivity index is 1.73. The topological polar surface area (TPSA) is 58.5 Å². The van der Waals surface area contributed by atoms with Gasteiger partial charge in [-0.3, -0.25) is 9.97 Å². The van der Waals surface area contributed by atoms with Gasteiger partial charge in [0.2, 0.25) is 0 Å². The van der Waals surface area contributed by atoms with Gasteiger partial charge in [-0.2, -0.15) is 0 Å². The molecular formula is C15H21N3O2. The molecular weight excluding hydrogens is 254 g/mol. The smallest absolute Gasteiger partial charge is 0.0889 e. The molecule has 1 aromatic heterocycles. The summed E-state index contributed by atoms with van der Waals surface area (Å²) in [6.07, 6.45) is 4.28. The van der Waals surface area contributed by atoms with Crippen LogP contribution in [0.2, 0.25) is 0 Å².